The Balaban J connectivity index is 2.76. The first-order valence-corrected chi connectivity index (χ1v) is 5.37. The standard InChI is InChI=1S/C12H9F2NO4/c1-2-19-12(17)7-3-6-4-8(13)9(14)5-10(6)15(18)11(7)16/h3-5,18H,2H2,1H3. The van der Waals surface area contributed by atoms with Crippen molar-refractivity contribution in [2.75, 3.05) is 6.61 Å². The summed E-state index contributed by atoms with van der Waals surface area (Å²) < 4.78 is 30.9. The minimum Gasteiger partial charge on any atom is -0.462 e. The molecule has 0 spiro atoms. The van der Waals surface area contributed by atoms with Crippen LogP contribution in [0.15, 0.2) is 23.0 Å². The predicted octanol–water partition coefficient (Wildman–Crippen LogP) is 1.69. The number of fused-ring (bicyclic) bond motifs is 1. The van der Waals surface area contributed by atoms with Crippen LogP contribution in [0.3, 0.4) is 0 Å². The fourth-order valence-corrected chi connectivity index (χ4v) is 1.65. The molecule has 0 amide bonds. The van der Waals surface area contributed by atoms with Crippen molar-refractivity contribution in [3.63, 3.8) is 0 Å². The number of hydrogen-bond acceptors (Lipinski definition) is 4. The van der Waals surface area contributed by atoms with E-state index >= 15 is 0 Å². The van der Waals surface area contributed by atoms with E-state index in [-0.39, 0.29) is 22.2 Å². The molecule has 0 saturated heterocycles. The first-order valence-electron chi connectivity index (χ1n) is 5.37. The van der Waals surface area contributed by atoms with Crippen LogP contribution in [0, 0.1) is 11.6 Å². The van der Waals surface area contributed by atoms with Gasteiger partial charge < -0.3 is 9.94 Å². The molecule has 0 saturated carbocycles. The third-order valence-corrected chi connectivity index (χ3v) is 2.52. The Kier molecular flexibility index (Phi) is 3.20. The van der Waals surface area contributed by atoms with E-state index in [4.69, 9.17) is 0 Å². The van der Waals surface area contributed by atoms with E-state index < -0.39 is 28.7 Å². The average molecular weight is 269 g/mol. The average Bonchev–Trinajstić information content (AvgIpc) is 2.36. The number of carbonyl (C=O) groups excluding carboxylic acids is 1. The van der Waals surface area contributed by atoms with Crippen molar-refractivity contribution in [2.45, 2.75) is 6.92 Å². The molecule has 0 atom stereocenters. The van der Waals surface area contributed by atoms with Gasteiger partial charge in [0.2, 0.25) is 0 Å². The number of benzene rings is 1. The van der Waals surface area contributed by atoms with Gasteiger partial charge in [0.1, 0.15) is 5.56 Å². The van der Waals surface area contributed by atoms with Crippen LogP contribution in [0.5, 0.6) is 0 Å². The molecule has 0 aliphatic carbocycles. The molecule has 1 aromatic carbocycles. The number of esters is 1. The van der Waals surface area contributed by atoms with Crippen LogP contribution in [-0.4, -0.2) is 22.5 Å². The minimum atomic E-state index is -1.21. The number of hydrogen-bond donors (Lipinski definition) is 1. The van der Waals surface area contributed by atoms with Crippen LogP contribution in [0.4, 0.5) is 8.78 Å². The summed E-state index contributed by atoms with van der Waals surface area (Å²) in [6.07, 6.45) is 0. The number of rotatable bonds is 2. The van der Waals surface area contributed by atoms with Crippen LogP contribution in [-0.2, 0) is 4.74 Å². The Morgan fingerprint density at radius 1 is 1.32 bits per heavy atom. The molecule has 19 heavy (non-hydrogen) atoms. The summed E-state index contributed by atoms with van der Waals surface area (Å²) in [5.41, 5.74) is -1.75. The zero-order valence-electron chi connectivity index (χ0n) is 9.81. The van der Waals surface area contributed by atoms with Gasteiger partial charge in [0.05, 0.1) is 12.1 Å². The largest absolute Gasteiger partial charge is 0.462 e. The second-order valence-electron chi connectivity index (χ2n) is 3.72. The lowest BCUT2D eigenvalue weighted by atomic mass is 10.1. The topological polar surface area (TPSA) is 68.5 Å². The van der Waals surface area contributed by atoms with Crippen LogP contribution in [0.1, 0.15) is 17.3 Å². The maximum Gasteiger partial charge on any atom is 0.343 e. The molecule has 5 nitrogen and oxygen atoms in total. The summed E-state index contributed by atoms with van der Waals surface area (Å²) in [6, 6.07) is 2.49. The van der Waals surface area contributed by atoms with E-state index in [1.807, 2.05) is 0 Å². The lowest BCUT2D eigenvalue weighted by molar-refractivity contribution is 0.0519. The van der Waals surface area contributed by atoms with Gasteiger partial charge in [0.15, 0.2) is 11.6 Å². The molecule has 0 bridgehead atoms. The quantitative estimate of drug-likeness (QED) is 0.665. The zero-order valence-corrected chi connectivity index (χ0v) is 9.81. The van der Waals surface area contributed by atoms with Crippen LogP contribution in [0.2, 0.25) is 0 Å². The molecule has 0 aliphatic heterocycles. The summed E-state index contributed by atoms with van der Waals surface area (Å²) in [4.78, 5) is 23.2. The highest BCUT2D eigenvalue weighted by Gasteiger charge is 2.18. The number of carbonyl (C=O) groups is 1. The molecular weight excluding hydrogens is 260 g/mol. The molecule has 100 valence electrons. The SMILES string of the molecule is CCOC(=O)c1cc2cc(F)c(F)cc2n(O)c1=O. The van der Waals surface area contributed by atoms with Crippen molar-refractivity contribution in [3.8, 4) is 0 Å². The van der Waals surface area contributed by atoms with Gasteiger partial charge >= 0.3 is 5.97 Å². The summed E-state index contributed by atoms with van der Waals surface area (Å²) in [7, 11) is 0. The molecule has 0 aliphatic rings. The van der Waals surface area contributed by atoms with Crippen molar-refractivity contribution in [2.24, 2.45) is 0 Å². The van der Waals surface area contributed by atoms with Gasteiger partial charge in [-0.05, 0) is 19.1 Å². The van der Waals surface area contributed by atoms with Crippen molar-refractivity contribution in [1.29, 1.82) is 0 Å². The summed E-state index contributed by atoms with van der Waals surface area (Å²) >= 11 is 0. The maximum atomic E-state index is 13.1. The van der Waals surface area contributed by atoms with Gasteiger partial charge in [-0.25, -0.2) is 13.6 Å². The van der Waals surface area contributed by atoms with Gasteiger partial charge in [-0.1, -0.05) is 0 Å². The second kappa shape index (κ2) is 4.68. The van der Waals surface area contributed by atoms with E-state index in [1.165, 1.54) is 0 Å². The molecule has 7 heteroatoms. The molecule has 0 unspecified atom stereocenters. The normalized spacial score (nSPS) is 10.7. The molecule has 2 rings (SSSR count). The first-order chi connectivity index (χ1) is 8.95. The molecule has 0 radical (unpaired) electrons. The van der Waals surface area contributed by atoms with Gasteiger partial charge in [-0.15, -0.1) is 4.73 Å². The van der Waals surface area contributed by atoms with Gasteiger partial charge in [0.25, 0.3) is 5.56 Å². The van der Waals surface area contributed by atoms with Crippen LogP contribution in [0.25, 0.3) is 10.9 Å². The third kappa shape index (κ3) is 2.14. The molecule has 1 N–H and O–H groups in total. The van der Waals surface area contributed by atoms with Crippen molar-refractivity contribution in [3.05, 3.63) is 45.8 Å². The predicted molar refractivity (Wildman–Crippen MR) is 61.3 cm³/mol. The minimum absolute atomic E-state index is 0.00375. The number of pyridine rings is 1. The molecule has 0 fully saturated rings. The Labute approximate surface area is 105 Å². The molecular formula is C12H9F2NO4. The number of halogens is 2. The lowest BCUT2D eigenvalue weighted by Crippen LogP contribution is -2.26. The van der Waals surface area contributed by atoms with Gasteiger partial charge in [-0.2, -0.15) is 0 Å². The Bertz CT molecular complexity index is 724. The van der Waals surface area contributed by atoms with E-state index in [1.54, 1.807) is 6.92 Å². The van der Waals surface area contributed by atoms with Crippen molar-refractivity contribution >= 4 is 16.9 Å². The Morgan fingerprint density at radius 3 is 2.58 bits per heavy atom. The van der Waals surface area contributed by atoms with E-state index in [9.17, 15) is 23.6 Å². The summed E-state index contributed by atoms with van der Waals surface area (Å²) in [5.74, 6) is -3.30. The number of aromatic nitrogens is 1. The Morgan fingerprint density at radius 2 is 1.95 bits per heavy atom. The van der Waals surface area contributed by atoms with E-state index in [2.05, 4.69) is 4.74 Å². The lowest BCUT2D eigenvalue weighted by Gasteiger charge is -2.07. The van der Waals surface area contributed by atoms with Crippen LogP contribution < -0.4 is 5.56 Å². The second-order valence-corrected chi connectivity index (χ2v) is 3.72. The molecule has 2 aromatic rings. The van der Waals surface area contributed by atoms with E-state index in [0.717, 1.165) is 12.1 Å². The Hall–Kier alpha value is -2.44. The van der Waals surface area contributed by atoms with Crippen molar-refractivity contribution < 1.29 is 23.5 Å². The molecule has 1 aromatic heterocycles. The zero-order chi connectivity index (χ0) is 14.2. The van der Waals surface area contributed by atoms with Gasteiger partial charge in [-0.3, -0.25) is 4.79 Å². The van der Waals surface area contributed by atoms with Gasteiger partial charge in [0, 0.05) is 11.5 Å². The highest BCUT2D eigenvalue weighted by atomic mass is 19.2. The smallest absolute Gasteiger partial charge is 0.343 e. The number of nitrogens with zero attached hydrogens (tertiary/aromatic N) is 1. The molecule has 1 heterocycles. The summed E-state index contributed by atoms with van der Waals surface area (Å²) in [5, 5.41) is 9.58. The fourth-order valence-electron chi connectivity index (χ4n) is 1.65. The maximum absolute atomic E-state index is 13.1. The monoisotopic (exact) mass is 269 g/mol. The van der Waals surface area contributed by atoms with Crippen molar-refractivity contribution in [1.82, 2.24) is 4.73 Å². The third-order valence-electron chi connectivity index (χ3n) is 2.52. The number of ether oxygens (including phenoxy) is 1. The highest BCUT2D eigenvalue weighted by Crippen LogP contribution is 2.17. The highest BCUT2D eigenvalue weighted by molar-refractivity contribution is 5.93. The summed E-state index contributed by atoms with van der Waals surface area (Å²) in [6.45, 7) is 1.59. The fraction of sp³-hybridized carbons (Fsp3) is 0.167. The van der Waals surface area contributed by atoms with Crippen LogP contribution >= 0.6 is 0 Å². The van der Waals surface area contributed by atoms with E-state index in [0.29, 0.717) is 6.07 Å². The first kappa shape index (κ1) is 13.0.